The van der Waals surface area contributed by atoms with Crippen LogP contribution in [0, 0.1) is 5.92 Å². The lowest BCUT2D eigenvalue weighted by molar-refractivity contribution is -0.125. The smallest absolute Gasteiger partial charge is 0.321 e. The van der Waals surface area contributed by atoms with E-state index < -0.39 is 0 Å². The van der Waals surface area contributed by atoms with Gasteiger partial charge in [-0.05, 0) is 37.0 Å². The van der Waals surface area contributed by atoms with Crippen LogP contribution in [-0.2, 0) is 4.79 Å². The Balaban J connectivity index is 1.78. The number of benzene rings is 1. The second-order valence-electron chi connectivity index (χ2n) is 5.65. The molecule has 1 saturated heterocycles. The zero-order valence-electron chi connectivity index (χ0n) is 13.0. The number of para-hydroxylation sites is 1. The molecule has 0 spiro atoms. The molecule has 22 heavy (non-hydrogen) atoms. The van der Waals surface area contributed by atoms with Crippen LogP contribution in [0.15, 0.2) is 43.0 Å². The molecule has 1 heterocycles. The second-order valence-corrected chi connectivity index (χ2v) is 5.65. The number of carbonyl (C=O) groups is 2. The van der Waals surface area contributed by atoms with Crippen molar-refractivity contribution in [2.24, 2.45) is 5.92 Å². The van der Waals surface area contributed by atoms with Crippen LogP contribution in [0.4, 0.5) is 10.5 Å². The Morgan fingerprint density at radius 2 is 1.95 bits per heavy atom. The quantitative estimate of drug-likeness (QED) is 0.869. The van der Waals surface area contributed by atoms with Gasteiger partial charge in [-0.3, -0.25) is 4.79 Å². The molecule has 5 nitrogen and oxygen atoms in total. The molecule has 1 aliphatic rings. The van der Waals surface area contributed by atoms with Crippen LogP contribution in [0.25, 0.3) is 0 Å². The van der Waals surface area contributed by atoms with E-state index in [0.717, 1.165) is 38.2 Å². The number of nitrogens with zero attached hydrogens (tertiary/aromatic N) is 2. The van der Waals surface area contributed by atoms with Crippen molar-refractivity contribution < 1.29 is 9.59 Å². The summed E-state index contributed by atoms with van der Waals surface area (Å²) in [6.07, 6.45) is 3.16. The van der Waals surface area contributed by atoms with E-state index in [1.807, 2.05) is 35.2 Å². The van der Waals surface area contributed by atoms with E-state index in [9.17, 15) is 9.59 Å². The van der Waals surface area contributed by atoms with Crippen molar-refractivity contribution in [2.45, 2.75) is 12.8 Å². The van der Waals surface area contributed by atoms with Crippen molar-refractivity contribution >= 4 is 17.6 Å². The van der Waals surface area contributed by atoms with Crippen LogP contribution in [0.1, 0.15) is 12.8 Å². The number of rotatable bonds is 4. The summed E-state index contributed by atoms with van der Waals surface area (Å²) in [5.74, 6) is 0.388. The highest BCUT2D eigenvalue weighted by molar-refractivity contribution is 5.89. The Morgan fingerprint density at radius 3 is 2.55 bits per heavy atom. The minimum absolute atomic E-state index is 0.0516. The summed E-state index contributed by atoms with van der Waals surface area (Å²) < 4.78 is 0. The molecule has 0 radical (unpaired) electrons. The summed E-state index contributed by atoms with van der Waals surface area (Å²) >= 11 is 0. The van der Waals surface area contributed by atoms with Gasteiger partial charge in [0.15, 0.2) is 0 Å². The lowest BCUT2D eigenvalue weighted by Gasteiger charge is -2.33. The zero-order valence-corrected chi connectivity index (χ0v) is 13.0. The number of amides is 3. The van der Waals surface area contributed by atoms with E-state index in [-0.39, 0.29) is 11.9 Å². The minimum Gasteiger partial charge on any atom is -0.342 e. The molecule has 1 N–H and O–H groups in total. The molecule has 3 amide bonds. The van der Waals surface area contributed by atoms with E-state index in [2.05, 4.69) is 11.9 Å². The van der Waals surface area contributed by atoms with Gasteiger partial charge in [-0.25, -0.2) is 4.79 Å². The summed E-state index contributed by atoms with van der Waals surface area (Å²) in [6, 6.07) is 9.41. The van der Waals surface area contributed by atoms with Gasteiger partial charge in [0.1, 0.15) is 0 Å². The molecular formula is C17H23N3O2. The number of likely N-dealkylation sites (tertiary alicyclic amines) is 1. The van der Waals surface area contributed by atoms with Gasteiger partial charge < -0.3 is 15.1 Å². The molecule has 5 heteroatoms. The highest BCUT2D eigenvalue weighted by Crippen LogP contribution is 2.19. The van der Waals surface area contributed by atoms with E-state index in [0.29, 0.717) is 5.92 Å². The summed E-state index contributed by atoms with van der Waals surface area (Å²) in [5, 5.41) is 2.90. The normalized spacial score (nSPS) is 15.2. The molecule has 1 aromatic rings. The van der Waals surface area contributed by atoms with E-state index >= 15 is 0 Å². The topological polar surface area (TPSA) is 52.7 Å². The standard InChI is InChI=1S/C17H23N3O2/c1-3-16(21)19(2)13-14-9-11-20(12-10-14)17(22)18-15-7-5-4-6-8-15/h3-8,14H,1,9-13H2,2H3,(H,18,22). The van der Waals surface area contributed by atoms with Crippen LogP contribution in [-0.4, -0.2) is 48.4 Å². The number of urea groups is 1. The Labute approximate surface area is 131 Å². The van der Waals surface area contributed by atoms with Gasteiger partial charge in [0.25, 0.3) is 0 Å². The number of carbonyl (C=O) groups excluding carboxylic acids is 2. The second kappa shape index (κ2) is 7.64. The number of hydrogen-bond donors (Lipinski definition) is 1. The molecule has 2 rings (SSSR count). The van der Waals surface area contributed by atoms with Crippen LogP contribution >= 0.6 is 0 Å². The number of anilines is 1. The Kier molecular flexibility index (Phi) is 5.58. The summed E-state index contributed by atoms with van der Waals surface area (Å²) in [4.78, 5) is 27.2. The number of likely N-dealkylation sites (N-methyl/N-ethyl adjacent to an activating group) is 1. The fourth-order valence-corrected chi connectivity index (χ4v) is 2.68. The molecule has 0 atom stereocenters. The molecule has 118 valence electrons. The third-order valence-corrected chi connectivity index (χ3v) is 4.01. The van der Waals surface area contributed by atoms with Gasteiger partial charge in [-0.15, -0.1) is 0 Å². The summed E-state index contributed by atoms with van der Waals surface area (Å²) in [6.45, 7) is 5.66. The van der Waals surface area contributed by atoms with Gasteiger partial charge in [0.2, 0.25) is 5.91 Å². The van der Waals surface area contributed by atoms with Crippen LogP contribution < -0.4 is 5.32 Å². The molecule has 0 saturated carbocycles. The van der Waals surface area contributed by atoms with Gasteiger partial charge in [-0.2, -0.15) is 0 Å². The Morgan fingerprint density at radius 1 is 1.32 bits per heavy atom. The van der Waals surface area contributed by atoms with Gasteiger partial charge in [0, 0.05) is 32.4 Å². The van der Waals surface area contributed by atoms with Crippen molar-refractivity contribution in [2.75, 3.05) is 32.0 Å². The van der Waals surface area contributed by atoms with E-state index in [4.69, 9.17) is 0 Å². The first-order chi connectivity index (χ1) is 10.6. The van der Waals surface area contributed by atoms with Crippen LogP contribution in [0.3, 0.4) is 0 Å². The third-order valence-electron chi connectivity index (χ3n) is 4.01. The summed E-state index contributed by atoms with van der Waals surface area (Å²) in [7, 11) is 1.79. The van der Waals surface area contributed by atoms with Crippen molar-refractivity contribution in [1.82, 2.24) is 9.80 Å². The van der Waals surface area contributed by atoms with Crippen molar-refractivity contribution in [3.8, 4) is 0 Å². The van der Waals surface area contributed by atoms with Crippen LogP contribution in [0.2, 0.25) is 0 Å². The first-order valence-electron chi connectivity index (χ1n) is 7.58. The Bertz CT molecular complexity index is 522. The molecule has 0 aliphatic carbocycles. The maximum atomic E-state index is 12.2. The molecule has 1 aliphatic heterocycles. The highest BCUT2D eigenvalue weighted by atomic mass is 16.2. The van der Waals surface area contributed by atoms with Gasteiger partial charge in [0.05, 0.1) is 0 Å². The maximum absolute atomic E-state index is 12.2. The fraction of sp³-hybridized carbons (Fsp3) is 0.412. The predicted molar refractivity (Wildman–Crippen MR) is 87.6 cm³/mol. The monoisotopic (exact) mass is 301 g/mol. The molecule has 0 unspecified atom stereocenters. The SMILES string of the molecule is C=CC(=O)N(C)CC1CCN(C(=O)Nc2ccccc2)CC1. The maximum Gasteiger partial charge on any atom is 0.321 e. The van der Waals surface area contributed by atoms with Gasteiger partial charge in [-0.1, -0.05) is 24.8 Å². The Hall–Kier alpha value is -2.30. The highest BCUT2D eigenvalue weighted by Gasteiger charge is 2.24. The number of piperidine rings is 1. The van der Waals surface area contributed by atoms with Crippen molar-refractivity contribution in [3.63, 3.8) is 0 Å². The van der Waals surface area contributed by atoms with Crippen molar-refractivity contribution in [3.05, 3.63) is 43.0 Å². The average Bonchev–Trinajstić information content (AvgIpc) is 2.55. The zero-order chi connectivity index (χ0) is 15.9. The lowest BCUT2D eigenvalue weighted by Crippen LogP contribution is -2.43. The predicted octanol–water partition coefficient (Wildman–Crippen LogP) is 2.57. The molecular weight excluding hydrogens is 278 g/mol. The molecule has 1 fully saturated rings. The average molecular weight is 301 g/mol. The first-order valence-corrected chi connectivity index (χ1v) is 7.58. The van der Waals surface area contributed by atoms with Crippen LogP contribution in [0.5, 0.6) is 0 Å². The molecule has 0 aromatic heterocycles. The lowest BCUT2D eigenvalue weighted by atomic mass is 9.96. The fourth-order valence-electron chi connectivity index (χ4n) is 2.68. The minimum atomic E-state index is -0.0554. The van der Waals surface area contributed by atoms with E-state index in [1.54, 1.807) is 11.9 Å². The number of nitrogens with one attached hydrogen (secondary N) is 1. The number of hydrogen-bond acceptors (Lipinski definition) is 2. The van der Waals surface area contributed by atoms with Crippen molar-refractivity contribution in [1.29, 1.82) is 0 Å². The molecule has 0 bridgehead atoms. The molecule has 1 aromatic carbocycles. The first kappa shape index (κ1) is 16.1. The van der Waals surface area contributed by atoms with E-state index in [1.165, 1.54) is 6.08 Å². The largest absolute Gasteiger partial charge is 0.342 e. The van der Waals surface area contributed by atoms with Gasteiger partial charge >= 0.3 is 6.03 Å². The third kappa shape index (κ3) is 4.35. The summed E-state index contributed by atoms with van der Waals surface area (Å²) in [5.41, 5.74) is 0.811.